The van der Waals surface area contributed by atoms with Crippen molar-refractivity contribution in [3.05, 3.63) is 55.0 Å². The largest absolute Gasteiger partial charge is 0.493 e. The molecule has 1 aliphatic carbocycles. The standard InChI is InChI=1S/C24H26N6O3/c1-3-12-33-22-14-20-19(13-21(22)32-2)23(27-16-26-20)29-8-10-30(11-9-29)24(31)28-18-6-4-17(15-25)5-7-18/h3-4,6-7,13-14,16-17H,1,5,8-12H2,2H3,(H,28,31). The molecule has 1 aliphatic heterocycles. The summed E-state index contributed by atoms with van der Waals surface area (Å²) < 4.78 is 11.2. The van der Waals surface area contributed by atoms with E-state index >= 15 is 0 Å². The minimum Gasteiger partial charge on any atom is -0.493 e. The van der Waals surface area contributed by atoms with Crippen LogP contribution in [0.15, 0.2) is 55.0 Å². The Bertz CT molecular complexity index is 1140. The summed E-state index contributed by atoms with van der Waals surface area (Å²) in [5.74, 6) is 1.88. The maximum Gasteiger partial charge on any atom is 0.321 e. The second kappa shape index (κ2) is 10.0. The zero-order valence-electron chi connectivity index (χ0n) is 18.5. The molecule has 0 saturated carbocycles. The van der Waals surface area contributed by atoms with Gasteiger partial charge < -0.3 is 24.6 Å². The zero-order valence-corrected chi connectivity index (χ0v) is 18.5. The highest BCUT2D eigenvalue weighted by Gasteiger charge is 2.24. The van der Waals surface area contributed by atoms with Crippen LogP contribution in [0.4, 0.5) is 10.6 Å². The van der Waals surface area contributed by atoms with Crippen molar-refractivity contribution in [1.82, 2.24) is 20.2 Å². The number of aromatic nitrogens is 2. The Morgan fingerprint density at radius 2 is 2.12 bits per heavy atom. The van der Waals surface area contributed by atoms with Crippen LogP contribution in [0.25, 0.3) is 10.9 Å². The van der Waals surface area contributed by atoms with Gasteiger partial charge in [-0.3, -0.25) is 0 Å². The van der Waals surface area contributed by atoms with E-state index in [4.69, 9.17) is 14.7 Å². The maximum absolute atomic E-state index is 12.7. The first-order valence-corrected chi connectivity index (χ1v) is 10.8. The summed E-state index contributed by atoms with van der Waals surface area (Å²) in [5, 5.41) is 12.8. The minimum atomic E-state index is -0.140. The fourth-order valence-electron chi connectivity index (χ4n) is 3.86. The molecule has 4 rings (SSSR count). The highest BCUT2D eigenvalue weighted by molar-refractivity contribution is 5.92. The number of anilines is 1. The van der Waals surface area contributed by atoms with Gasteiger partial charge >= 0.3 is 6.03 Å². The molecule has 1 unspecified atom stereocenters. The zero-order chi connectivity index (χ0) is 23.2. The summed E-state index contributed by atoms with van der Waals surface area (Å²) in [4.78, 5) is 25.5. The summed E-state index contributed by atoms with van der Waals surface area (Å²) in [5.41, 5.74) is 1.49. The van der Waals surface area contributed by atoms with Gasteiger partial charge in [-0.25, -0.2) is 14.8 Å². The highest BCUT2D eigenvalue weighted by Crippen LogP contribution is 2.35. The predicted molar refractivity (Wildman–Crippen MR) is 125 cm³/mol. The van der Waals surface area contributed by atoms with E-state index in [9.17, 15) is 4.79 Å². The number of benzene rings is 1. The molecule has 9 nitrogen and oxygen atoms in total. The number of fused-ring (bicyclic) bond motifs is 1. The van der Waals surface area contributed by atoms with Gasteiger partial charge in [0.05, 0.1) is 24.6 Å². The molecule has 1 N–H and O–H groups in total. The van der Waals surface area contributed by atoms with Crippen molar-refractivity contribution in [2.75, 3.05) is 44.8 Å². The Labute approximate surface area is 192 Å². The van der Waals surface area contributed by atoms with E-state index in [1.165, 1.54) is 6.33 Å². The Balaban J connectivity index is 1.44. The number of hydrogen-bond acceptors (Lipinski definition) is 7. The van der Waals surface area contributed by atoms with E-state index in [2.05, 4.69) is 32.8 Å². The third kappa shape index (κ3) is 4.90. The van der Waals surface area contributed by atoms with Gasteiger partial charge in [-0.05, 0) is 18.6 Å². The number of urea groups is 1. The molecule has 2 heterocycles. The Morgan fingerprint density at radius 1 is 1.30 bits per heavy atom. The highest BCUT2D eigenvalue weighted by atomic mass is 16.5. The van der Waals surface area contributed by atoms with Gasteiger partial charge in [0.1, 0.15) is 18.8 Å². The summed E-state index contributed by atoms with van der Waals surface area (Å²) in [7, 11) is 1.60. The number of nitriles is 1. The Kier molecular flexibility index (Phi) is 6.74. The Morgan fingerprint density at radius 3 is 2.79 bits per heavy atom. The van der Waals surface area contributed by atoms with Crippen LogP contribution in [0, 0.1) is 17.2 Å². The van der Waals surface area contributed by atoms with Gasteiger partial charge in [0, 0.05) is 43.3 Å². The molecule has 1 saturated heterocycles. The lowest BCUT2D eigenvalue weighted by Crippen LogP contribution is -2.51. The van der Waals surface area contributed by atoms with Crippen LogP contribution in [0.1, 0.15) is 6.42 Å². The number of nitrogens with zero attached hydrogens (tertiary/aromatic N) is 5. The number of piperazine rings is 1. The van der Waals surface area contributed by atoms with Gasteiger partial charge in [0.2, 0.25) is 0 Å². The maximum atomic E-state index is 12.7. The van der Waals surface area contributed by atoms with Gasteiger partial charge in [-0.2, -0.15) is 5.26 Å². The number of amides is 2. The number of carbonyl (C=O) groups is 1. The molecule has 1 fully saturated rings. The molecule has 0 bridgehead atoms. The summed E-state index contributed by atoms with van der Waals surface area (Å²) >= 11 is 0. The number of carbonyl (C=O) groups excluding carboxylic acids is 1. The number of rotatable bonds is 6. The number of allylic oxidation sites excluding steroid dienone is 3. The van der Waals surface area contributed by atoms with Crippen molar-refractivity contribution in [2.24, 2.45) is 5.92 Å². The third-order valence-corrected chi connectivity index (χ3v) is 5.64. The quantitative estimate of drug-likeness (QED) is 0.680. The summed E-state index contributed by atoms with van der Waals surface area (Å²) in [6, 6.07) is 5.79. The number of hydrogen-bond donors (Lipinski definition) is 1. The summed E-state index contributed by atoms with van der Waals surface area (Å²) in [6.07, 6.45) is 9.32. The lowest BCUT2D eigenvalue weighted by molar-refractivity contribution is 0.197. The first-order chi connectivity index (χ1) is 16.1. The molecule has 1 atom stereocenters. The van der Waals surface area contributed by atoms with Gasteiger partial charge in [-0.15, -0.1) is 0 Å². The molecule has 33 heavy (non-hydrogen) atoms. The fourth-order valence-corrected chi connectivity index (χ4v) is 3.86. The van der Waals surface area contributed by atoms with Crippen molar-refractivity contribution < 1.29 is 14.3 Å². The van der Waals surface area contributed by atoms with Gasteiger partial charge in [0.15, 0.2) is 11.5 Å². The lowest BCUT2D eigenvalue weighted by atomic mass is 10.0. The third-order valence-electron chi connectivity index (χ3n) is 5.64. The number of methoxy groups -OCH3 is 1. The van der Waals surface area contributed by atoms with E-state index < -0.39 is 0 Å². The van der Waals surface area contributed by atoms with E-state index in [1.807, 2.05) is 24.3 Å². The van der Waals surface area contributed by atoms with Crippen molar-refractivity contribution >= 4 is 22.8 Å². The average molecular weight is 447 g/mol. The van der Waals surface area contributed by atoms with Crippen molar-refractivity contribution in [1.29, 1.82) is 5.26 Å². The second-order valence-electron chi connectivity index (χ2n) is 7.71. The molecule has 2 aliphatic rings. The molecular weight excluding hydrogens is 420 g/mol. The predicted octanol–water partition coefficient (Wildman–Crippen LogP) is 3.02. The molecule has 170 valence electrons. The van der Waals surface area contributed by atoms with Crippen molar-refractivity contribution in [2.45, 2.75) is 6.42 Å². The van der Waals surface area contributed by atoms with Crippen molar-refractivity contribution in [3.63, 3.8) is 0 Å². The molecule has 2 amide bonds. The van der Waals surface area contributed by atoms with Gasteiger partial charge in [-0.1, -0.05) is 24.8 Å². The number of ether oxygens (including phenoxy) is 2. The van der Waals surface area contributed by atoms with Crippen LogP contribution >= 0.6 is 0 Å². The smallest absolute Gasteiger partial charge is 0.321 e. The van der Waals surface area contributed by atoms with E-state index in [0.29, 0.717) is 50.7 Å². The van der Waals surface area contributed by atoms with E-state index in [0.717, 1.165) is 22.4 Å². The normalized spacial score (nSPS) is 17.8. The molecule has 9 heteroatoms. The van der Waals surface area contributed by atoms with Crippen LogP contribution in [0.5, 0.6) is 11.5 Å². The van der Waals surface area contributed by atoms with Crippen LogP contribution in [0.2, 0.25) is 0 Å². The molecule has 2 aromatic rings. The molecular formula is C24H26N6O3. The molecule has 1 aromatic carbocycles. The van der Waals surface area contributed by atoms with Crippen molar-refractivity contribution in [3.8, 4) is 17.6 Å². The molecule has 0 spiro atoms. The second-order valence-corrected chi connectivity index (χ2v) is 7.71. The van der Waals surface area contributed by atoms with Crippen LogP contribution in [-0.4, -0.2) is 60.8 Å². The van der Waals surface area contributed by atoms with E-state index in [-0.39, 0.29) is 11.9 Å². The van der Waals surface area contributed by atoms with Crippen LogP contribution < -0.4 is 19.7 Å². The molecule has 1 aromatic heterocycles. The van der Waals surface area contributed by atoms with Crippen LogP contribution in [0.3, 0.4) is 0 Å². The Hall–Kier alpha value is -4.06. The SMILES string of the molecule is C=CCOc1cc2ncnc(N3CCN(C(=O)NC4=CCC(C#N)C=C4)CC3)c2cc1OC. The lowest BCUT2D eigenvalue weighted by Gasteiger charge is -2.35. The monoisotopic (exact) mass is 446 g/mol. The topological polar surface area (TPSA) is 104 Å². The first kappa shape index (κ1) is 22.1. The average Bonchev–Trinajstić information content (AvgIpc) is 2.87. The first-order valence-electron chi connectivity index (χ1n) is 10.8. The van der Waals surface area contributed by atoms with E-state index in [1.54, 1.807) is 24.2 Å². The van der Waals surface area contributed by atoms with Crippen LogP contribution in [-0.2, 0) is 0 Å². The number of nitrogens with one attached hydrogen (secondary N) is 1. The fraction of sp³-hybridized carbons (Fsp3) is 0.333. The minimum absolute atomic E-state index is 0.125. The van der Waals surface area contributed by atoms with Gasteiger partial charge in [0.25, 0.3) is 0 Å². The summed E-state index contributed by atoms with van der Waals surface area (Å²) in [6.45, 7) is 6.45. The molecule has 0 radical (unpaired) electrons.